The van der Waals surface area contributed by atoms with Crippen LogP contribution in [0.15, 0.2) is 16.9 Å². The van der Waals surface area contributed by atoms with Crippen LogP contribution in [0.4, 0.5) is 5.82 Å². The molecule has 1 atom stereocenters. The third kappa shape index (κ3) is 2.65. The van der Waals surface area contributed by atoms with Gasteiger partial charge < -0.3 is 10.2 Å². The second-order valence-corrected chi connectivity index (χ2v) is 6.13. The molecule has 7 nitrogen and oxygen atoms in total. The smallest absolute Gasteiger partial charge is 0.355 e. The number of aromatic amines is 1. The van der Waals surface area contributed by atoms with E-state index in [4.69, 9.17) is 0 Å². The Labute approximate surface area is 122 Å². The summed E-state index contributed by atoms with van der Waals surface area (Å²) in [7, 11) is 0. The van der Waals surface area contributed by atoms with E-state index in [0.717, 1.165) is 31.5 Å². The molecule has 21 heavy (non-hydrogen) atoms. The fourth-order valence-corrected chi connectivity index (χ4v) is 3.02. The number of H-pyrrole nitrogens is 1. The number of nitrogens with zero attached hydrogens (tertiary/aromatic N) is 4. The molecule has 0 bridgehead atoms. The third-order valence-electron chi connectivity index (χ3n) is 4.37. The van der Waals surface area contributed by atoms with Gasteiger partial charge in [0.2, 0.25) is 0 Å². The van der Waals surface area contributed by atoms with Crippen molar-refractivity contribution in [2.45, 2.75) is 31.7 Å². The minimum Gasteiger partial charge on any atom is -0.355 e. The van der Waals surface area contributed by atoms with Crippen molar-refractivity contribution < 1.29 is 0 Å². The lowest BCUT2D eigenvalue weighted by atomic mass is 9.98. The van der Waals surface area contributed by atoms with Crippen LogP contribution in [-0.2, 0) is 0 Å². The van der Waals surface area contributed by atoms with E-state index in [1.165, 1.54) is 30.2 Å². The average molecular weight is 288 g/mol. The zero-order valence-electron chi connectivity index (χ0n) is 12.0. The third-order valence-corrected chi connectivity index (χ3v) is 4.37. The van der Waals surface area contributed by atoms with Gasteiger partial charge in [-0.3, -0.25) is 0 Å². The van der Waals surface area contributed by atoms with Crippen molar-refractivity contribution >= 4 is 11.5 Å². The fraction of sp³-hybridized carbons (Fsp3) is 0.643. The molecule has 4 rings (SSSR count). The van der Waals surface area contributed by atoms with E-state index in [0.29, 0.717) is 11.6 Å². The van der Waals surface area contributed by atoms with Crippen molar-refractivity contribution in [2.24, 2.45) is 5.92 Å². The highest BCUT2D eigenvalue weighted by atomic mass is 16.2. The van der Waals surface area contributed by atoms with Gasteiger partial charge in [0.05, 0.1) is 0 Å². The zero-order chi connectivity index (χ0) is 14.2. The molecule has 3 heterocycles. The van der Waals surface area contributed by atoms with Crippen molar-refractivity contribution in [1.82, 2.24) is 25.1 Å². The molecule has 1 unspecified atom stereocenters. The SMILES string of the molecule is O=c1[nH]nc2ccc(N3CCCC(CNC4CC4)C3)nn12. The number of fused-ring (bicyclic) bond motifs is 1. The Morgan fingerprint density at radius 2 is 2.24 bits per heavy atom. The molecule has 2 aromatic rings. The van der Waals surface area contributed by atoms with E-state index in [1.807, 2.05) is 12.1 Å². The first-order valence-electron chi connectivity index (χ1n) is 7.72. The molecule has 2 aliphatic rings. The van der Waals surface area contributed by atoms with Gasteiger partial charge in [-0.15, -0.1) is 5.10 Å². The summed E-state index contributed by atoms with van der Waals surface area (Å²) in [6.45, 7) is 3.10. The van der Waals surface area contributed by atoms with Crippen LogP contribution in [0.3, 0.4) is 0 Å². The number of piperidine rings is 1. The average Bonchev–Trinajstić information content (AvgIpc) is 3.29. The molecule has 1 saturated heterocycles. The van der Waals surface area contributed by atoms with Crippen LogP contribution >= 0.6 is 0 Å². The second-order valence-electron chi connectivity index (χ2n) is 6.13. The minimum absolute atomic E-state index is 0.282. The molecule has 2 N–H and O–H groups in total. The summed E-state index contributed by atoms with van der Waals surface area (Å²) in [5.41, 5.74) is 0.281. The van der Waals surface area contributed by atoms with Crippen molar-refractivity contribution in [3.8, 4) is 0 Å². The van der Waals surface area contributed by atoms with E-state index in [2.05, 4.69) is 25.5 Å². The summed E-state index contributed by atoms with van der Waals surface area (Å²) >= 11 is 0. The molecule has 0 aromatic carbocycles. The van der Waals surface area contributed by atoms with Crippen LogP contribution in [0.1, 0.15) is 25.7 Å². The van der Waals surface area contributed by atoms with E-state index < -0.39 is 0 Å². The summed E-state index contributed by atoms with van der Waals surface area (Å²) in [5.74, 6) is 1.53. The Hall–Kier alpha value is -1.89. The zero-order valence-corrected chi connectivity index (χ0v) is 12.0. The molecule has 1 saturated carbocycles. The summed E-state index contributed by atoms with van der Waals surface area (Å²) < 4.78 is 1.33. The quantitative estimate of drug-likeness (QED) is 0.851. The van der Waals surface area contributed by atoms with Crippen LogP contribution in [0, 0.1) is 5.92 Å². The molecule has 2 aromatic heterocycles. The maximum atomic E-state index is 11.6. The maximum Gasteiger partial charge on any atom is 0.364 e. The predicted octanol–water partition coefficient (Wildman–Crippen LogP) is 0.386. The van der Waals surface area contributed by atoms with E-state index in [-0.39, 0.29) is 5.69 Å². The minimum atomic E-state index is -0.282. The monoisotopic (exact) mass is 288 g/mol. The molecule has 1 aliphatic carbocycles. The lowest BCUT2D eigenvalue weighted by Crippen LogP contribution is -2.40. The van der Waals surface area contributed by atoms with Gasteiger partial charge >= 0.3 is 5.69 Å². The molecular weight excluding hydrogens is 268 g/mol. The molecule has 2 fully saturated rings. The Bertz CT molecular complexity index is 688. The molecule has 0 spiro atoms. The van der Waals surface area contributed by atoms with Crippen molar-refractivity contribution in [2.75, 3.05) is 24.5 Å². The lowest BCUT2D eigenvalue weighted by molar-refractivity contribution is 0.389. The number of hydrogen-bond donors (Lipinski definition) is 2. The summed E-state index contributed by atoms with van der Waals surface area (Å²) in [5, 5.41) is 14.4. The summed E-state index contributed by atoms with van der Waals surface area (Å²) in [6, 6.07) is 4.55. The van der Waals surface area contributed by atoms with E-state index >= 15 is 0 Å². The normalized spacial score (nSPS) is 22.9. The molecule has 112 valence electrons. The van der Waals surface area contributed by atoms with Crippen molar-refractivity contribution in [3.63, 3.8) is 0 Å². The van der Waals surface area contributed by atoms with Gasteiger partial charge in [-0.2, -0.15) is 9.61 Å². The second kappa shape index (κ2) is 5.14. The van der Waals surface area contributed by atoms with Gasteiger partial charge in [0.1, 0.15) is 5.82 Å². The fourth-order valence-electron chi connectivity index (χ4n) is 3.02. The first kappa shape index (κ1) is 12.8. The summed E-state index contributed by atoms with van der Waals surface area (Å²) in [4.78, 5) is 13.9. The molecule has 0 amide bonds. The highest BCUT2D eigenvalue weighted by molar-refractivity contribution is 5.45. The van der Waals surface area contributed by atoms with Gasteiger partial charge in [-0.05, 0) is 50.3 Å². The first-order valence-corrected chi connectivity index (χ1v) is 7.72. The van der Waals surface area contributed by atoms with Gasteiger partial charge in [-0.1, -0.05) is 0 Å². The van der Waals surface area contributed by atoms with E-state index in [1.54, 1.807) is 0 Å². The van der Waals surface area contributed by atoms with Crippen LogP contribution in [0.2, 0.25) is 0 Å². The number of aromatic nitrogens is 4. The van der Waals surface area contributed by atoms with Gasteiger partial charge in [0.15, 0.2) is 5.65 Å². The largest absolute Gasteiger partial charge is 0.364 e. The topological polar surface area (TPSA) is 78.3 Å². The van der Waals surface area contributed by atoms with Gasteiger partial charge in [-0.25, -0.2) is 9.89 Å². The van der Waals surface area contributed by atoms with Crippen molar-refractivity contribution in [3.05, 3.63) is 22.6 Å². The van der Waals surface area contributed by atoms with Crippen LogP contribution in [0.25, 0.3) is 5.65 Å². The predicted molar refractivity (Wildman–Crippen MR) is 79.6 cm³/mol. The standard InChI is InChI=1S/C14H20N6O/c21-14-17-16-12-5-6-13(18-20(12)14)19-7-1-2-10(9-19)8-15-11-3-4-11/h5-6,10-11,15H,1-4,7-9H2,(H,17,21). The highest BCUT2D eigenvalue weighted by Gasteiger charge is 2.25. The molecule has 0 radical (unpaired) electrons. The molecule has 1 aliphatic heterocycles. The Balaban J connectivity index is 1.50. The Morgan fingerprint density at radius 1 is 1.33 bits per heavy atom. The Morgan fingerprint density at radius 3 is 3.10 bits per heavy atom. The Kier molecular flexibility index (Phi) is 3.14. The molecule has 7 heteroatoms. The summed E-state index contributed by atoms with van der Waals surface area (Å²) in [6.07, 6.45) is 5.11. The van der Waals surface area contributed by atoms with Gasteiger partial charge in [0.25, 0.3) is 0 Å². The first-order chi connectivity index (χ1) is 10.3. The highest BCUT2D eigenvalue weighted by Crippen LogP contribution is 2.23. The molecular formula is C14H20N6O. The number of hydrogen-bond acceptors (Lipinski definition) is 5. The van der Waals surface area contributed by atoms with Crippen LogP contribution < -0.4 is 15.9 Å². The lowest BCUT2D eigenvalue weighted by Gasteiger charge is -2.33. The van der Waals surface area contributed by atoms with E-state index in [9.17, 15) is 4.79 Å². The van der Waals surface area contributed by atoms with Crippen molar-refractivity contribution in [1.29, 1.82) is 0 Å². The number of rotatable bonds is 4. The number of nitrogens with one attached hydrogen (secondary N) is 2. The van der Waals surface area contributed by atoms with Gasteiger partial charge in [0, 0.05) is 19.1 Å². The van der Waals surface area contributed by atoms with Crippen LogP contribution in [0.5, 0.6) is 0 Å². The number of anilines is 1. The maximum absolute atomic E-state index is 11.6. The van der Waals surface area contributed by atoms with Crippen LogP contribution in [-0.4, -0.2) is 45.5 Å².